The molecule has 0 N–H and O–H groups in total. The van der Waals surface area contributed by atoms with Gasteiger partial charge in [-0.25, -0.2) is 0 Å². The lowest BCUT2D eigenvalue weighted by Crippen LogP contribution is -1.92. The van der Waals surface area contributed by atoms with Crippen molar-refractivity contribution in [2.45, 2.75) is 124 Å². The first kappa shape index (κ1) is 27.2. The predicted molar refractivity (Wildman–Crippen MR) is 111 cm³/mol. The van der Waals surface area contributed by atoms with Gasteiger partial charge in [-0.3, -0.25) is 0 Å². The van der Waals surface area contributed by atoms with Crippen LogP contribution in [-0.2, 0) is 13.6 Å². The zero-order valence-corrected chi connectivity index (χ0v) is 18.6. The third kappa shape index (κ3) is 29.1. The molecule has 0 aromatic rings. The monoisotopic (exact) mass is 377 g/mol. The summed E-state index contributed by atoms with van der Waals surface area (Å²) in [5, 5.41) is 0. The normalized spacial score (nSPS) is 10.4. The molecule has 4 heteroatoms. The molecular weight excluding hydrogens is 331 g/mol. The van der Waals surface area contributed by atoms with Crippen molar-refractivity contribution >= 4 is 8.25 Å². The van der Waals surface area contributed by atoms with E-state index in [1.54, 1.807) is 0 Å². The van der Waals surface area contributed by atoms with Crippen molar-refractivity contribution in [1.82, 2.24) is 0 Å². The van der Waals surface area contributed by atoms with Gasteiger partial charge in [0, 0.05) is 4.57 Å². The van der Waals surface area contributed by atoms with Crippen molar-refractivity contribution in [2.24, 2.45) is 0 Å². The van der Waals surface area contributed by atoms with Crippen LogP contribution in [0.1, 0.15) is 124 Å². The lowest BCUT2D eigenvalue weighted by Gasteiger charge is -1.96. The molecule has 0 heterocycles. The van der Waals surface area contributed by atoms with Gasteiger partial charge < -0.3 is 0 Å². The van der Waals surface area contributed by atoms with Crippen molar-refractivity contribution < 1.29 is 13.6 Å². The molecule has 25 heavy (non-hydrogen) atoms. The van der Waals surface area contributed by atoms with Crippen molar-refractivity contribution in [3.8, 4) is 0 Å². The molecule has 0 radical (unpaired) electrons. The number of unbranched alkanes of at least 4 members (excludes halogenated alkanes) is 12. The molecule has 0 saturated carbocycles. The highest BCUT2D eigenvalue weighted by molar-refractivity contribution is 7.33. The molecule has 3 nitrogen and oxygen atoms in total. The number of hydrogen-bond acceptors (Lipinski definition) is 3. The van der Waals surface area contributed by atoms with Crippen LogP contribution in [0.3, 0.4) is 0 Å². The minimum absolute atomic E-state index is 0.564. The average molecular weight is 378 g/mol. The Morgan fingerprint density at radius 3 is 1.08 bits per heavy atom. The fourth-order valence-electron chi connectivity index (χ4n) is 2.40. The van der Waals surface area contributed by atoms with E-state index < -0.39 is 8.25 Å². The molecule has 0 spiro atoms. The Morgan fingerprint density at radius 2 is 0.760 bits per heavy atom. The lowest BCUT2D eigenvalue weighted by atomic mass is 10.2. The highest BCUT2D eigenvalue weighted by atomic mass is 31.1. The summed E-state index contributed by atoms with van der Waals surface area (Å²) in [6, 6.07) is 0. The number of hydrogen-bond donors (Lipinski definition) is 0. The van der Waals surface area contributed by atoms with Crippen LogP contribution in [0.2, 0.25) is 0 Å². The van der Waals surface area contributed by atoms with Crippen LogP contribution >= 0.6 is 8.25 Å². The first-order chi connectivity index (χ1) is 12.2. The summed E-state index contributed by atoms with van der Waals surface area (Å²) < 4.78 is 21.6. The van der Waals surface area contributed by atoms with Gasteiger partial charge in [0.05, 0.1) is 0 Å². The smallest absolute Gasteiger partial charge is 0.119 e. The molecule has 0 aliphatic heterocycles. The topological polar surface area (TPSA) is 35.5 Å². The Morgan fingerprint density at radius 1 is 0.480 bits per heavy atom. The molecular formula is C21H46O3P+. The SMILES string of the molecule is CCCCCCC.CCCCCCCO[P+](=O)OCCCCCCC. The molecule has 0 saturated heterocycles. The summed E-state index contributed by atoms with van der Waals surface area (Å²) in [4.78, 5) is 0. The Labute approximate surface area is 159 Å². The van der Waals surface area contributed by atoms with E-state index in [0.29, 0.717) is 13.2 Å². The van der Waals surface area contributed by atoms with Gasteiger partial charge >= 0.3 is 8.25 Å². The van der Waals surface area contributed by atoms with Crippen molar-refractivity contribution in [3.05, 3.63) is 0 Å². The highest BCUT2D eigenvalue weighted by Crippen LogP contribution is 2.24. The van der Waals surface area contributed by atoms with Crippen molar-refractivity contribution in [2.75, 3.05) is 13.2 Å². The summed E-state index contributed by atoms with van der Waals surface area (Å²) in [5.41, 5.74) is 0. The van der Waals surface area contributed by atoms with E-state index in [0.717, 1.165) is 25.7 Å². The van der Waals surface area contributed by atoms with Crippen LogP contribution < -0.4 is 0 Å². The van der Waals surface area contributed by atoms with E-state index in [9.17, 15) is 4.57 Å². The molecule has 0 aliphatic carbocycles. The summed E-state index contributed by atoms with van der Waals surface area (Å²) >= 11 is 0. The van der Waals surface area contributed by atoms with E-state index in [1.807, 2.05) is 0 Å². The summed E-state index contributed by atoms with van der Waals surface area (Å²) in [5.74, 6) is 0. The zero-order chi connectivity index (χ0) is 19.0. The zero-order valence-electron chi connectivity index (χ0n) is 17.7. The summed E-state index contributed by atoms with van der Waals surface area (Å²) in [6.07, 6.45) is 18.8. The second-order valence-electron chi connectivity index (χ2n) is 6.78. The van der Waals surface area contributed by atoms with Gasteiger partial charge in [0.15, 0.2) is 0 Å². The predicted octanol–water partition coefficient (Wildman–Crippen LogP) is 8.59. The van der Waals surface area contributed by atoms with Crippen molar-refractivity contribution in [1.29, 1.82) is 0 Å². The maximum Gasteiger partial charge on any atom is 0.697 e. The van der Waals surface area contributed by atoms with Gasteiger partial charge in [-0.05, 0) is 12.8 Å². The third-order valence-corrected chi connectivity index (χ3v) is 4.88. The third-order valence-electron chi connectivity index (χ3n) is 4.10. The molecule has 0 aliphatic rings. The Bertz CT molecular complexity index is 225. The Balaban J connectivity index is 0. The first-order valence-corrected chi connectivity index (χ1v) is 12.0. The van der Waals surface area contributed by atoms with Crippen LogP contribution in [0.25, 0.3) is 0 Å². The second kappa shape index (κ2) is 26.3. The standard InChI is InChI=1S/C14H30O3P.C7H16/c1-3-5-7-9-11-13-16-18(15)17-14-12-10-8-6-4-2;1-3-5-7-6-4-2/h3-14H2,1-2H3;3-7H2,1-2H3/q+1;. The molecule has 0 rings (SSSR count). The molecule has 0 aromatic carbocycles. The van der Waals surface area contributed by atoms with Crippen LogP contribution in [0.15, 0.2) is 0 Å². The molecule has 0 atom stereocenters. The minimum atomic E-state index is -1.88. The lowest BCUT2D eigenvalue weighted by molar-refractivity contribution is 0.218. The van der Waals surface area contributed by atoms with E-state index in [1.165, 1.54) is 70.6 Å². The molecule has 0 bridgehead atoms. The van der Waals surface area contributed by atoms with E-state index in [-0.39, 0.29) is 0 Å². The van der Waals surface area contributed by atoms with Gasteiger partial charge in [0.25, 0.3) is 0 Å². The molecule has 0 fully saturated rings. The molecule has 0 unspecified atom stereocenters. The van der Waals surface area contributed by atoms with Crippen molar-refractivity contribution in [3.63, 3.8) is 0 Å². The average Bonchev–Trinajstić information content (AvgIpc) is 2.62. The van der Waals surface area contributed by atoms with Crippen LogP contribution in [-0.4, -0.2) is 13.2 Å². The van der Waals surface area contributed by atoms with E-state index in [2.05, 4.69) is 27.7 Å². The second-order valence-corrected chi connectivity index (χ2v) is 7.74. The first-order valence-electron chi connectivity index (χ1n) is 11.0. The number of rotatable bonds is 18. The minimum Gasteiger partial charge on any atom is -0.119 e. The van der Waals surface area contributed by atoms with Crippen LogP contribution in [0.5, 0.6) is 0 Å². The molecule has 152 valence electrons. The van der Waals surface area contributed by atoms with Crippen LogP contribution in [0.4, 0.5) is 0 Å². The van der Waals surface area contributed by atoms with Crippen LogP contribution in [0, 0.1) is 0 Å². The van der Waals surface area contributed by atoms with Gasteiger partial charge in [-0.2, -0.15) is 0 Å². The van der Waals surface area contributed by atoms with E-state index in [4.69, 9.17) is 9.05 Å². The maximum atomic E-state index is 11.3. The highest BCUT2D eigenvalue weighted by Gasteiger charge is 2.18. The van der Waals surface area contributed by atoms with Gasteiger partial charge in [0.1, 0.15) is 13.2 Å². The maximum absolute atomic E-state index is 11.3. The van der Waals surface area contributed by atoms with Gasteiger partial charge in [-0.1, -0.05) is 111 Å². The Kier molecular flexibility index (Phi) is 28.6. The van der Waals surface area contributed by atoms with Gasteiger partial charge in [-0.15, -0.1) is 9.05 Å². The molecule has 0 amide bonds. The Hall–Kier alpha value is 0.0200. The fourth-order valence-corrected chi connectivity index (χ4v) is 3.03. The van der Waals surface area contributed by atoms with E-state index >= 15 is 0 Å². The quantitative estimate of drug-likeness (QED) is 0.177. The summed E-state index contributed by atoms with van der Waals surface area (Å²) in [7, 11) is -1.88. The summed E-state index contributed by atoms with van der Waals surface area (Å²) in [6.45, 7) is 10.0. The fraction of sp³-hybridized carbons (Fsp3) is 1.00. The molecule has 0 aromatic heterocycles. The van der Waals surface area contributed by atoms with Gasteiger partial charge in [0.2, 0.25) is 0 Å². The largest absolute Gasteiger partial charge is 0.697 e.